The van der Waals surface area contributed by atoms with Gasteiger partial charge in [0.2, 0.25) is 5.88 Å². The molecule has 0 fully saturated rings. The fourth-order valence-corrected chi connectivity index (χ4v) is 2.76. The van der Waals surface area contributed by atoms with Crippen LogP contribution in [0.3, 0.4) is 0 Å². The van der Waals surface area contributed by atoms with Gasteiger partial charge in [0.05, 0.1) is 10.4 Å². The van der Waals surface area contributed by atoms with Crippen LogP contribution in [0.15, 0.2) is 51.1 Å². The van der Waals surface area contributed by atoms with Crippen molar-refractivity contribution in [1.29, 1.82) is 0 Å². The third-order valence-corrected chi connectivity index (χ3v) is 4.41. The number of aromatic hydroxyl groups is 1. The van der Waals surface area contributed by atoms with Crippen LogP contribution in [0, 0.1) is 17.0 Å². The molecule has 0 radical (unpaired) electrons. The van der Waals surface area contributed by atoms with Gasteiger partial charge in [-0.2, -0.15) is 0 Å². The van der Waals surface area contributed by atoms with E-state index in [-0.39, 0.29) is 22.9 Å². The number of fused-ring (bicyclic) bond motifs is 1. The van der Waals surface area contributed by atoms with Crippen molar-refractivity contribution in [2.24, 2.45) is 10.2 Å². The fourth-order valence-electron chi connectivity index (χ4n) is 2.23. The van der Waals surface area contributed by atoms with Crippen LogP contribution in [0.1, 0.15) is 5.56 Å². The minimum absolute atomic E-state index is 0.120. The lowest BCUT2D eigenvalue weighted by atomic mass is 10.1. The maximum absolute atomic E-state index is 11.0. The van der Waals surface area contributed by atoms with Gasteiger partial charge in [0.25, 0.3) is 5.69 Å². The number of aromatic amines is 1. The van der Waals surface area contributed by atoms with E-state index in [4.69, 9.17) is 0 Å². The Morgan fingerprint density at radius 1 is 1.22 bits per heavy atom. The van der Waals surface area contributed by atoms with Gasteiger partial charge in [0.15, 0.2) is 11.4 Å². The van der Waals surface area contributed by atoms with Crippen molar-refractivity contribution in [3.63, 3.8) is 0 Å². The van der Waals surface area contributed by atoms with Crippen molar-refractivity contribution in [3.05, 3.63) is 56.5 Å². The molecular formula is C15H11BrN4O3. The van der Waals surface area contributed by atoms with Gasteiger partial charge in [0, 0.05) is 15.9 Å². The maximum Gasteiger partial charge on any atom is 0.296 e. The Morgan fingerprint density at radius 3 is 2.70 bits per heavy atom. The standard InChI is InChI=1S/C15H11BrN4O3/c1-8-6-7-10-12(13(8)16)14(15(21)17-10)19-18-9-4-2-3-5-11(9)20(22)23/h2-7,17,21H,1H3. The number of hydrogen-bond donors (Lipinski definition) is 2. The fraction of sp³-hybridized carbons (Fsp3) is 0.0667. The Bertz CT molecular complexity index is 949. The normalized spacial score (nSPS) is 11.4. The number of hydrogen-bond acceptors (Lipinski definition) is 5. The van der Waals surface area contributed by atoms with Crippen molar-refractivity contribution in [2.45, 2.75) is 6.92 Å². The lowest BCUT2D eigenvalue weighted by Crippen LogP contribution is -1.86. The second kappa shape index (κ2) is 5.81. The molecule has 116 valence electrons. The largest absolute Gasteiger partial charge is 0.493 e. The number of nitrogens with one attached hydrogen (secondary N) is 1. The number of H-pyrrole nitrogens is 1. The van der Waals surface area contributed by atoms with Gasteiger partial charge in [-0.05, 0) is 40.5 Å². The van der Waals surface area contributed by atoms with E-state index in [1.54, 1.807) is 12.1 Å². The van der Waals surface area contributed by atoms with Crippen LogP contribution in [0.4, 0.5) is 17.1 Å². The number of nitro benzene ring substituents is 1. The number of nitro groups is 1. The number of aromatic nitrogens is 1. The summed E-state index contributed by atoms with van der Waals surface area (Å²) in [5, 5.41) is 29.7. The number of benzene rings is 2. The Kier molecular flexibility index (Phi) is 3.83. The maximum atomic E-state index is 11.0. The van der Waals surface area contributed by atoms with Crippen LogP contribution >= 0.6 is 15.9 Å². The molecule has 23 heavy (non-hydrogen) atoms. The lowest BCUT2D eigenvalue weighted by molar-refractivity contribution is -0.384. The van der Waals surface area contributed by atoms with Crippen LogP contribution in [0.2, 0.25) is 0 Å². The van der Waals surface area contributed by atoms with E-state index in [1.807, 2.05) is 19.1 Å². The number of nitrogens with zero attached hydrogens (tertiary/aromatic N) is 3. The first-order valence-corrected chi connectivity index (χ1v) is 7.43. The van der Waals surface area contributed by atoms with Gasteiger partial charge in [-0.1, -0.05) is 18.2 Å². The zero-order valence-corrected chi connectivity index (χ0v) is 13.5. The molecule has 2 aromatic carbocycles. The van der Waals surface area contributed by atoms with Crippen LogP contribution in [0.25, 0.3) is 10.9 Å². The molecule has 2 N–H and O–H groups in total. The smallest absolute Gasteiger partial charge is 0.296 e. The van der Waals surface area contributed by atoms with E-state index in [2.05, 4.69) is 31.1 Å². The summed E-state index contributed by atoms with van der Waals surface area (Å²) in [6.07, 6.45) is 0. The van der Waals surface area contributed by atoms with E-state index < -0.39 is 4.92 Å². The Morgan fingerprint density at radius 2 is 1.96 bits per heavy atom. The van der Waals surface area contributed by atoms with E-state index in [0.29, 0.717) is 10.9 Å². The highest BCUT2D eigenvalue weighted by Gasteiger charge is 2.16. The van der Waals surface area contributed by atoms with Crippen molar-refractivity contribution in [2.75, 3.05) is 0 Å². The molecule has 0 bridgehead atoms. The quantitative estimate of drug-likeness (QED) is 0.370. The number of rotatable bonds is 3. The summed E-state index contributed by atoms with van der Waals surface area (Å²) in [4.78, 5) is 13.3. The van der Waals surface area contributed by atoms with Crippen molar-refractivity contribution < 1.29 is 10.0 Å². The highest BCUT2D eigenvalue weighted by molar-refractivity contribution is 9.10. The Balaban J connectivity index is 2.14. The van der Waals surface area contributed by atoms with E-state index in [0.717, 1.165) is 10.0 Å². The van der Waals surface area contributed by atoms with Gasteiger partial charge >= 0.3 is 0 Å². The Hall–Kier alpha value is -2.74. The summed E-state index contributed by atoms with van der Waals surface area (Å²) in [6.45, 7) is 1.91. The predicted molar refractivity (Wildman–Crippen MR) is 89.7 cm³/mol. The first kappa shape index (κ1) is 15.2. The van der Waals surface area contributed by atoms with Crippen molar-refractivity contribution >= 4 is 43.9 Å². The minimum atomic E-state index is -0.524. The SMILES string of the molecule is Cc1ccc2[nH]c(O)c(N=Nc3ccccc3[N+](=O)[O-])c2c1Br. The summed E-state index contributed by atoms with van der Waals surface area (Å²) in [5.41, 5.74) is 1.87. The Labute approximate surface area is 139 Å². The summed E-state index contributed by atoms with van der Waals surface area (Å²) in [6, 6.07) is 9.75. The molecule has 3 aromatic rings. The zero-order valence-electron chi connectivity index (χ0n) is 11.9. The third kappa shape index (κ3) is 2.68. The highest BCUT2D eigenvalue weighted by atomic mass is 79.9. The summed E-state index contributed by atoms with van der Waals surface area (Å²) in [7, 11) is 0. The molecule has 0 aliphatic carbocycles. The summed E-state index contributed by atoms with van der Waals surface area (Å²) >= 11 is 3.47. The van der Waals surface area contributed by atoms with Crippen LogP contribution in [0.5, 0.6) is 5.88 Å². The van der Waals surface area contributed by atoms with E-state index in [1.165, 1.54) is 12.1 Å². The molecule has 0 amide bonds. The first-order chi connectivity index (χ1) is 11.0. The molecule has 8 heteroatoms. The molecule has 0 saturated heterocycles. The average Bonchev–Trinajstić information content (AvgIpc) is 2.85. The lowest BCUT2D eigenvalue weighted by Gasteiger charge is -2.00. The van der Waals surface area contributed by atoms with Crippen LogP contribution in [-0.4, -0.2) is 15.0 Å². The molecule has 0 unspecified atom stereocenters. The summed E-state index contributed by atoms with van der Waals surface area (Å²) < 4.78 is 0.781. The second-order valence-electron chi connectivity index (χ2n) is 4.89. The number of para-hydroxylation sites is 1. The number of azo groups is 1. The van der Waals surface area contributed by atoms with Crippen molar-refractivity contribution in [3.8, 4) is 5.88 Å². The van der Waals surface area contributed by atoms with E-state index >= 15 is 0 Å². The molecule has 0 atom stereocenters. The summed E-state index contributed by atoms with van der Waals surface area (Å²) in [5.74, 6) is -0.145. The third-order valence-electron chi connectivity index (χ3n) is 3.39. The number of aryl methyl sites for hydroxylation is 1. The van der Waals surface area contributed by atoms with Crippen LogP contribution in [-0.2, 0) is 0 Å². The van der Waals surface area contributed by atoms with Gasteiger partial charge in [-0.25, -0.2) is 0 Å². The molecule has 7 nitrogen and oxygen atoms in total. The predicted octanol–water partition coefficient (Wildman–Crippen LogP) is 5.27. The average molecular weight is 375 g/mol. The monoisotopic (exact) mass is 374 g/mol. The molecular weight excluding hydrogens is 364 g/mol. The zero-order chi connectivity index (χ0) is 16.6. The van der Waals surface area contributed by atoms with Gasteiger partial charge in [0.1, 0.15) is 0 Å². The number of halogens is 1. The molecule has 0 aliphatic heterocycles. The molecule has 1 heterocycles. The van der Waals surface area contributed by atoms with Crippen molar-refractivity contribution in [1.82, 2.24) is 4.98 Å². The molecule has 0 saturated carbocycles. The molecule has 1 aromatic heterocycles. The van der Waals surface area contributed by atoms with E-state index in [9.17, 15) is 15.2 Å². The highest BCUT2D eigenvalue weighted by Crippen LogP contribution is 2.42. The van der Waals surface area contributed by atoms with Gasteiger partial charge in [-0.3, -0.25) is 10.1 Å². The second-order valence-corrected chi connectivity index (χ2v) is 5.68. The van der Waals surface area contributed by atoms with Crippen LogP contribution < -0.4 is 0 Å². The topological polar surface area (TPSA) is 104 Å². The molecule has 0 aliphatic rings. The first-order valence-electron chi connectivity index (χ1n) is 6.64. The van der Waals surface area contributed by atoms with Gasteiger partial charge in [-0.15, -0.1) is 10.2 Å². The molecule has 3 rings (SSSR count). The van der Waals surface area contributed by atoms with Gasteiger partial charge < -0.3 is 10.1 Å². The molecule has 0 spiro atoms. The minimum Gasteiger partial charge on any atom is -0.493 e.